The van der Waals surface area contributed by atoms with E-state index in [4.69, 9.17) is 5.11 Å². The van der Waals surface area contributed by atoms with Gasteiger partial charge >= 0.3 is 0 Å². The van der Waals surface area contributed by atoms with Crippen molar-refractivity contribution >= 4 is 5.78 Å². The van der Waals surface area contributed by atoms with Crippen LogP contribution in [0.1, 0.15) is 12.8 Å². The predicted molar refractivity (Wildman–Crippen MR) is 42.3 cm³/mol. The van der Waals surface area contributed by atoms with Crippen LogP contribution in [0.3, 0.4) is 0 Å². The topological polar surface area (TPSA) is 40.5 Å². The third-order valence-corrected chi connectivity index (χ3v) is 2.33. The highest BCUT2D eigenvalue weighted by atomic mass is 16.3. The average molecular weight is 157 g/mol. The number of carbonyl (C=O) groups excluding carboxylic acids is 1. The first-order chi connectivity index (χ1) is 5.24. The Morgan fingerprint density at radius 1 is 1.55 bits per heavy atom. The molecule has 1 N–H and O–H groups in total. The van der Waals surface area contributed by atoms with Crippen LogP contribution >= 0.6 is 0 Å². The third kappa shape index (κ3) is 2.27. The zero-order chi connectivity index (χ0) is 8.27. The van der Waals surface area contributed by atoms with Crippen LogP contribution < -0.4 is 0 Å². The minimum absolute atomic E-state index is 0.0121. The molecule has 0 unspecified atom stereocenters. The lowest BCUT2D eigenvalue weighted by atomic mass is 9.93. The molecular formula is C8H15NO2. The lowest BCUT2D eigenvalue weighted by Gasteiger charge is -2.27. The number of ketones is 1. The standard InChI is InChI=1S/C8H15NO2/c1-9-4-2-7(3-5-9)8(11)6-10/h7,10H,2-6H2,1H3. The van der Waals surface area contributed by atoms with Crippen LogP contribution in [0.2, 0.25) is 0 Å². The fraction of sp³-hybridized carbons (Fsp3) is 0.875. The molecule has 0 aromatic rings. The van der Waals surface area contributed by atoms with Gasteiger partial charge in [-0.3, -0.25) is 4.79 Å². The lowest BCUT2D eigenvalue weighted by molar-refractivity contribution is -0.126. The van der Waals surface area contributed by atoms with E-state index in [1.165, 1.54) is 0 Å². The molecule has 3 heteroatoms. The van der Waals surface area contributed by atoms with Gasteiger partial charge in [0, 0.05) is 5.92 Å². The van der Waals surface area contributed by atoms with Gasteiger partial charge < -0.3 is 10.0 Å². The van der Waals surface area contributed by atoms with Crippen molar-refractivity contribution in [3.05, 3.63) is 0 Å². The molecule has 1 aliphatic heterocycles. The van der Waals surface area contributed by atoms with Crippen molar-refractivity contribution in [2.45, 2.75) is 12.8 Å². The van der Waals surface area contributed by atoms with Gasteiger partial charge in [0.2, 0.25) is 0 Å². The molecule has 0 radical (unpaired) electrons. The maximum Gasteiger partial charge on any atom is 0.161 e. The molecule has 0 aliphatic carbocycles. The SMILES string of the molecule is CN1CCC(C(=O)CO)CC1. The minimum atomic E-state index is -0.283. The summed E-state index contributed by atoms with van der Waals surface area (Å²) in [6.45, 7) is 1.68. The van der Waals surface area contributed by atoms with E-state index in [0.29, 0.717) is 0 Å². The van der Waals surface area contributed by atoms with Crippen LogP contribution in [0.25, 0.3) is 0 Å². The molecule has 1 heterocycles. The van der Waals surface area contributed by atoms with Crippen molar-refractivity contribution in [1.29, 1.82) is 0 Å². The van der Waals surface area contributed by atoms with Crippen molar-refractivity contribution in [2.75, 3.05) is 26.7 Å². The maximum absolute atomic E-state index is 11.0. The molecule has 1 fully saturated rings. The largest absolute Gasteiger partial charge is 0.389 e. The second kappa shape index (κ2) is 3.83. The van der Waals surface area contributed by atoms with E-state index in [2.05, 4.69) is 11.9 Å². The van der Waals surface area contributed by atoms with Crippen molar-refractivity contribution in [3.8, 4) is 0 Å². The van der Waals surface area contributed by atoms with Gasteiger partial charge in [-0.1, -0.05) is 0 Å². The number of Topliss-reactive ketones (excluding diaryl/α,β-unsaturated/α-hetero) is 1. The van der Waals surface area contributed by atoms with Crippen LogP contribution in [0.15, 0.2) is 0 Å². The summed E-state index contributed by atoms with van der Waals surface area (Å²) in [5.74, 6) is 0.134. The number of hydrogen-bond donors (Lipinski definition) is 1. The normalized spacial score (nSPS) is 22.0. The number of piperidine rings is 1. The molecule has 64 valence electrons. The summed E-state index contributed by atoms with van der Waals surface area (Å²) in [5, 5.41) is 8.59. The second-order valence-electron chi connectivity index (χ2n) is 3.20. The highest BCUT2D eigenvalue weighted by Gasteiger charge is 2.21. The van der Waals surface area contributed by atoms with Crippen molar-refractivity contribution in [1.82, 2.24) is 4.90 Å². The molecule has 3 nitrogen and oxygen atoms in total. The molecule has 1 rings (SSSR count). The second-order valence-corrected chi connectivity index (χ2v) is 3.20. The molecule has 1 aliphatic rings. The highest BCUT2D eigenvalue weighted by molar-refractivity contribution is 5.82. The smallest absolute Gasteiger partial charge is 0.161 e. The predicted octanol–water partition coefficient (Wildman–Crippen LogP) is -0.110. The Hall–Kier alpha value is -0.410. The first-order valence-corrected chi connectivity index (χ1v) is 4.06. The summed E-state index contributed by atoms with van der Waals surface area (Å²) in [6.07, 6.45) is 1.83. The van der Waals surface area contributed by atoms with E-state index >= 15 is 0 Å². The molecule has 0 atom stereocenters. The van der Waals surface area contributed by atoms with Gasteiger partial charge in [0.15, 0.2) is 5.78 Å². The summed E-state index contributed by atoms with van der Waals surface area (Å²) < 4.78 is 0. The van der Waals surface area contributed by atoms with Crippen molar-refractivity contribution in [3.63, 3.8) is 0 Å². The number of aliphatic hydroxyl groups is 1. The van der Waals surface area contributed by atoms with Crippen LogP contribution in [0, 0.1) is 5.92 Å². The van der Waals surface area contributed by atoms with Crippen LogP contribution in [-0.2, 0) is 4.79 Å². The van der Waals surface area contributed by atoms with Gasteiger partial charge in [0.1, 0.15) is 6.61 Å². The van der Waals surface area contributed by atoms with Crippen molar-refractivity contribution in [2.24, 2.45) is 5.92 Å². The molecule has 0 saturated carbocycles. The van der Waals surface area contributed by atoms with E-state index in [9.17, 15) is 4.79 Å². The summed E-state index contributed by atoms with van der Waals surface area (Å²) in [6, 6.07) is 0. The van der Waals surface area contributed by atoms with Crippen LogP contribution in [0.4, 0.5) is 0 Å². The monoisotopic (exact) mass is 157 g/mol. The number of aliphatic hydroxyl groups excluding tert-OH is 1. The zero-order valence-corrected chi connectivity index (χ0v) is 6.92. The van der Waals surface area contributed by atoms with Crippen molar-refractivity contribution < 1.29 is 9.90 Å². The highest BCUT2D eigenvalue weighted by Crippen LogP contribution is 2.16. The average Bonchev–Trinajstić information content (AvgIpc) is 2.05. The Morgan fingerprint density at radius 2 is 2.09 bits per heavy atom. The minimum Gasteiger partial charge on any atom is -0.389 e. The lowest BCUT2D eigenvalue weighted by Crippen LogP contribution is -2.34. The number of carbonyl (C=O) groups is 1. The van der Waals surface area contributed by atoms with Gasteiger partial charge in [-0.05, 0) is 33.0 Å². The van der Waals surface area contributed by atoms with E-state index in [1.807, 2.05) is 0 Å². The van der Waals surface area contributed by atoms with E-state index in [-0.39, 0.29) is 18.3 Å². The molecule has 0 aromatic heterocycles. The van der Waals surface area contributed by atoms with Gasteiger partial charge in [-0.2, -0.15) is 0 Å². The molecular weight excluding hydrogens is 142 g/mol. The number of likely N-dealkylation sites (tertiary alicyclic amines) is 1. The van der Waals surface area contributed by atoms with Gasteiger partial charge in [0.05, 0.1) is 0 Å². The van der Waals surface area contributed by atoms with E-state index in [0.717, 1.165) is 25.9 Å². The number of hydrogen-bond acceptors (Lipinski definition) is 3. The molecule has 0 bridgehead atoms. The first kappa shape index (κ1) is 8.68. The van der Waals surface area contributed by atoms with Gasteiger partial charge in [-0.25, -0.2) is 0 Å². The first-order valence-electron chi connectivity index (χ1n) is 4.06. The molecule has 0 amide bonds. The maximum atomic E-state index is 11.0. The Bertz CT molecular complexity index is 139. The summed E-state index contributed by atoms with van der Waals surface area (Å²) >= 11 is 0. The summed E-state index contributed by atoms with van der Waals surface area (Å²) in [7, 11) is 2.06. The fourth-order valence-electron chi connectivity index (χ4n) is 1.46. The Labute approximate surface area is 67.0 Å². The zero-order valence-electron chi connectivity index (χ0n) is 6.92. The third-order valence-electron chi connectivity index (χ3n) is 2.33. The van der Waals surface area contributed by atoms with Gasteiger partial charge in [0.25, 0.3) is 0 Å². The van der Waals surface area contributed by atoms with Crippen LogP contribution in [-0.4, -0.2) is 42.5 Å². The molecule has 0 spiro atoms. The molecule has 11 heavy (non-hydrogen) atoms. The van der Waals surface area contributed by atoms with E-state index < -0.39 is 0 Å². The Kier molecular flexibility index (Phi) is 3.02. The quantitative estimate of drug-likeness (QED) is 0.608. The molecule has 0 aromatic carbocycles. The summed E-state index contributed by atoms with van der Waals surface area (Å²) in [5.41, 5.74) is 0. The fourth-order valence-corrected chi connectivity index (χ4v) is 1.46. The molecule has 1 saturated heterocycles. The number of rotatable bonds is 2. The van der Waals surface area contributed by atoms with Gasteiger partial charge in [-0.15, -0.1) is 0 Å². The Morgan fingerprint density at radius 3 is 2.55 bits per heavy atom. The van der Waals surface area contributed by atoms with E-state index in [1.54, 1.807) is 0 Å². The summed E-state index contributed by atoms with van der Waals surface area (Å²) in [4.78, 5) is 13.2. The van der Waals surface area contributed by atoms with Crippen LogP contribution in [0.5, 0.6) is 0 Å². The Balaban J connectivity index is 2.33. The number of nitrogens with zero attached hydrogens (tertiary/aromatic N) is 1.